The molecule has 0 radical (unpaired) electrons. The summed E-state index contributed by atoms with van der Waals surface area (Å²) in [6.45, 7) is 4.13. The first-order valence-electron chi connectivity index (χ1n) is 6.08. The Morgan fingerprint density at radius 1 is 1.26 bits per heavy atom. The molecule has 0 spiro atoms. The maximum atomic E-state index is 12.7. The van der Waals surface area contributed by atoms with E-state index >= 15 is 0 Å². The van der Waals surface area contributed by atoms with Gasteiger partial charge < -0.3 is 0 Å². The predicted molar refractivity (Wildman–Crippen MR) is 73.3 cm³/mol. The van der Waals surface area contributed by atoms with E-state index in [2.05, 4.69) is 35.2 Å². The zero-order chi connectivity index (χ0) is 14.6. The first-order valence-corrected chi connectivity index (χ1v) is 6.87. The molecule has 2 nitrogen and oxygen atoms in total. The van der Waals surface area contributed by atoms with Gasteiger partial charge in [0.1, 0.15) is 0 Å². The summed E-state index contributed by atoms with van der Waals surface area (Å²) in [6, 6.07) is 3.33. The number of benzene rings is 1. The van der Waals surface area contributed by atoms with Crippen molar-refractivity contribution in [3.63, 3.8) is 0 Å². The van der Waals surface area contributed by atoms with Crippen LogP contribution in [-0.2, 0) is 6.18 Å². The fraction of sp³-hybridized carbons (Fsp3) is 0.538. The van der Waals surface area contributed by atoms with Gasteiger partial charge in [0.25, 0.3) is 0 Å². The first kappa shape index (κ1) is 16.5. The molecule has 0 amide bonds. The average Bonchev–Trinajstić information content (AvgIpc) is 2.30. The van der Waals surface area contributed by atoms with Crippen molar-refractivity contribution < 1.29 is 13.2 Å². The highest BCUT2D eigenvalue weighted by Crippen LogP contribution is 2.35. The molecule has 0 aromatic heterocycles. The van der Waals surface area contributed by atoms with E-state index in [-0.39, 0.29) is 6.04 Å². The molecule has 1 aromatic carbocycles. The monoisotopic (exact) mass is 338 g/mol. The topological polar surface area (TPSA) is 38.0 Å². The second-order valence-corrected chi connectivity index (χ2v) is 5.78. The number of hydrogen-bond donors (Lipinski definition) is 2. The number of nitrogens with two attached hydrogens (primary N) is 1. The average molecular weight is 339 g/mol. The molecule has 1 rings (SSSR count). The van der Waals surface area contributed by atoms with Gasteiger partial charge in [-0.05, 0) is 42.5 Å². The van der Waals surface area contributed by atoms with Gasteiger partial charge in [0.05, 0.1) is 5.56 Å². The van der Waals surface area contributed by atoms with E-state index in [4.69, 9.17) is 5.84 Å². The summed E-state index contributed by atoms with van der Waals surface area (Å²) in [6.07, 6.45) is -2.77. The van der Waals surface area contributed by atoms with Gasteiger partial charge in [-0.2, -0.15) is 13.2 Å². The third-order valence-electron chi connectivity index (χ3n) is 2.93. The lowest BCUT2D eigenvalue weighted by molar-refractivity contribution is -0.137. The minimum atomic E-state index is -4.34. The molecule has 3 N–H and O–H groups in total. The van der Waals surface area contributed by atoms with Crippen LogP contribution < -0.4 is 11.3 Å². The van der Waals surface area contributed by atoms with E-state index in [0.717, 1.165) is 18.6 Å². The summed E-state index contributed by atoms with van der Waals surface area (Å²) >= 11 is 3.28. The van der Waals surface area contributed by atoms with Crippen LogP contribution in [0, 0.1) is 5.92 Å². The van der Waals surface area contributed by atoms with Crippen LogP contribution in [0.3, 0.4) is 0 Å². The minimum Gasteiger partial charge on any atom is -0.271 e. The SMILES string of the molecule is CC(C)CCC(NN)c1cc(C(F)(F)F)ccc1Br. The van der Waals surface area contributed by atoms with Gasteiger partial charge in [0, 0.05) is 10.5 Å². The summed E-state index contributed by atoms with van der Waals surface area (Å²) in [5, 5.41) is 0. The molecule has 19 heavy (non-hydrogen) atoms. The van der Waals surface area contributed by atoms with Crippen LogP contribution in [0.15, 0.2) is 22.7 Å². The van der Waals surface area contributed by atoms with Crippen LogP contribution in [0.4, 0.5) is 13.2 Å². The minimum absolute atomic E-state index is 0.293. The van der Waals surface area contributed by atoms with Crippen LogP contribution in [0.2, 0.25) is 0 Å². The van der Waals surface area contributed by atoms with Crippen molar-refractivity contribution in [1.82, 2.24) is 5.43 Å². The Bertz CT molecular complexity index is 419. The third kappa shape index (κ3) is 4.78. The highest BCUT2D eigenvalue weighted by Gasteiger charge is 2.31. The highest BCUT2D eigenvalue weighted by atomic mass is 79.9. The smallest absolute Gasteiger partial charge is 0.271 e. The molecule has 0 aliphatic heterocycles. The van der Waals surface area contributed by atoms with Crippen LogP contribution in [0.25, 0.3) is 0 Å². The van der Waals surface area contributed by atoms with Crippen LogP contribution in [-0.4, -0.2) is 0 Å². The van der Waals surface area contributed by atoms with E-state index in [1.807, 2.05) is 0 Å². The number of hydrogen-bond acceptors (Lipinski definition) is 2. The Morgan fingerprint density at radius 3 is 2.37 bits per heavy atom. The molecule has 0 bridgehead atoms. The molecule has 0 fully saturated rings. The normalized spacial score (nSPS) is 13.9. The largest absolute Gasteiger partial charge is 0.416 e. The van der Waals surface area contributed by atoms with Gasteiger partial charge in [0.2, 0.25) is 0 Å². The van der Waals surface area contributed by atoms with Gasteiger partial charge >= 0.3 is 6.18 Å². The van der Waals surface area contributed by atoms with Gasteiger partial charge in [-0.1, -0.05) is 29.8 Å². The summed E-state index contributed by atoms with van der Waals surface area (Å²) in [4.78, 5) is 0. The molecule has 0 aliphatic rings. The quantitative estimate of drug-likeness (QED) is 0.616. The zero-order valence-electron chi connectivity index (χ0n) is 10.9. The molecule has 0 heterocycles. The van der Waals surface area contributed by atoms with E-state index in [1.165, 1.54) is 6.07 Å². The molecule has 1 aromatic rings. The molecule has 0 saturated heterocycles. The Labute approximate surface area is 119 Å². The molecule has 0 aliphatic carbocycles. The Balaban J connectivity index is 3.02. The molecule has 1 atom stereocenters. The maximum absolute atomic E-state index is 12.7. The number of alkyl halides is 3. The van der Waals surface area contributed by atoms with Gasteiger partial charge in [-0.15, -0.1) is 0 Å². The standard InChI is InChI=1S/C13H18BrF3N2/c1-8(2)3-6-12(19-18)10-7-9(13(15,16)17)4-5-11(10)14/h4-5,7-8,12,19H,3,6,18H2,1-2H3. The van der Waals surface area contributed by atoms with Crippen molar-refractivity contribution in [1.29, 1.82) is 0 Å². The molecule has 1 unspecified atom stereocenters. The van der Waals surface area contributed by atoms with Crippen molar-refractivity contribution in [2.24, 2.45) is 11.8 Å². The summed E-state index contributed by atoms with van der Waals surface area (Å²) in [5.74, 6) is 5.94. The van der Waals surface area contributed by atoms with E-state index in [1.54, 1.807) is 0 Å². The van der Waals surface area contributed by atoms with Crippen LogP contribution in [0.1, 0.15) is 43.9 Å². The molecule has 0 saturated carbocycles. The summed E-state index contributed by atoms with van der Waals surface area (Å²) in [5.41, 5.74) is 2.48. The Hall–Kier alpha value is -0.590. The second kappa shape index (κ2) is 6.72. The third-order valence-corrected chi connectivity index (χ3v) is 3.65. The van der Waals surface area contributed by atoms with Crippen molar-refractivity contribution in [3.05, 3.63) is 33.8 Å². The molecular weight excluding hydrogens is 321 g/mol. The Morgan fingerprint density at radius 2 is 1.89 bits per heavy atom. The number of halogens is 4. The Kier molecular flexibility index (Phi) is 5.82. The van der Waals surface area contributed by atoms with Gasteiger partial charge in [-0.25, -0.2) is 0 Å². The van der Waals surface area contributed by atoms with E-state index in [9.17, 15) is 13.2 Å². The lowest BCUT2D eigenvalue weighted by Gasteiger charge is -2.20. The van der Waals surface area contributed by atoms with Crippen molar-refractivity contribution in [2.75, 3.05) is 0 Å². The highest BCUT2D eigenvalue weighted by molar-refractivity contribution is 9.10. The van der Waals surface area contributed by atoms with Gasteiger partial charge in [-0.3, -0.25) is 11.3 Å². The lowest BCUT2D eigenvalue weighted by Crippen LogP contribution is -2.28. The lowest BCUT2D eigenvalue weighted by atomic mass is 9.97. The van der Waals surface area contributed by atoms with E-state index in [0.29, 0.717) is 22.4 Å². The van der Waals surface area contributed by atoms with Crippen molar-refractivity contribution in [2.45, 2.75) is 38.9 Å². The fourth-order valence-corrected chi connectivity index (χ4v) is 2.34. The second-order valence-electron chi connectivity index (χ2n) is 4.92. The predicted octanol–water partition coefficient (Wildman–Crippen LogP) is 4.41. The summed E-state index contributed by atoms with van der Waals surface area (Å²) in [7, 11) is 0. The molecular formula is C13H18BrF3N2. The van der Waals surface area contributed by atoms with Crippen molar-refractivity contribution in [3.8, 4) is 0 Å². The zero-order valence-corrected chi connectivity index (χ0v) is 12.5. The number of nitrogens with one attached hydrogen (secondary N) is 1. The van der Waals surface area contributed by atoms with Gasteiger partial charge in [0.15, 0.2) is 0 Å². The maximum Gasteiger partial charge on any atom is 0.416 e. The number of rotatable bonds is 5. The molecule has 6 heteroatoms. The van der Waals surface area contributed by atoms with Crippen LogP contribution >= 0.6 is 15.9 Å². The fourth-order valence-electron chi connectivity index (χ4n) is 1.82. The van der Waals surface area contributed by atoms with Crippen molar-refractivity contribution >= 4 is 15.9 Å². The van der Waals surface area contributed by atoms with Crippen LogP contribution in [0.5, 0.6) is 0 Å². The number of hydrazine groups is 1. The first-order chi connectivity index (χ1) is 8.75. The molecule has 108 valence electrons. The van der Waals surface area contributed by atoms with E-state index < -0.39 is 11.7 Å². The summed E-state index contributed by atoms with van der Waals surface area (Å²) < 4.78 is 38.8.